The van der Waals surface area contributed by atoms with Gasteiger partial charge < -0.3 is 11.1 Å². The second-order valence-corrected chi connectivity index (χ2v) is 7.65. The van der Waals surface area contributed by atoms with Gasteiger partial charge in [0.05, 0.1) is 15.6 Å². The number of carbonyl (C=O) groups is 1. The molecule has 1 aromatic heterocycles. The number of carbonyl (C=O) groups excluding carboxylic acids is 1. The summed E-state index contributed by atoms with van der Waals surface area (Å²) in [4.78, 5) is 13.2. The highest BCUT2D eigenvalue weighted by atomic mass is 32.1. The van der Waals surface area contributed by atoms with Crippen molar-refractivity contribution in [2.24, 2.45) is 5.92 Å². The number of nitrogens with one attached hydrogen (secondary N) is 1. The predicted molar refractivity (Wildman–Crippen MR) is 83.6 cm³/mol. The summed E-state index contributed by atoms with van der Waals surface area (Å²) in [5.41, 5.74) is 8.41. The Hall–Kier alpha value is -1.03. The zero-order chi connectivity index (χ0) is 13.7. The molecule has 0 aromatic carbocycles. The van der Waals surface area contributed by atoms with E-state index in [-0.39, 0.29) is 5.92 Å². The molecule has 4 heteroatoms. The maximum Gasteiger partial charge on any atom is 0.178 e. The molecule has 0 bridgehead atoms. The van der Waals surface area contributed by atoms with E-state index in [9.17, 15) is 4.79 Å². The number of ketones is 1. The van der Waals surface area contributed by atoms with E-state index < -0.39 is 0 Å². The van der Waals surface area contributed by atoms with Crippen molar-refractivity contribution in [3.63, 3.8) is 0 Å². The number of rotatable bonds is 5. The molecule has 4 rings (SSSR count). The van der Waals surface area contributed by atoms with Crippen LogP contribution in [0.3, 0.4) is 0 Å². The maximum absolute atomic E-state index is 12.4. The number of Topliss-reactive ketones (excluding diaryl/α,β-unsaturated/α-hetero) is 1. The molecule has 0 unspecified atom stereocenters. The van der Waals surface area contributed by atoms with Gasteiger partial charge in [-0.25, -0.2) is 0 Å². The Morgan fingerprint density at radius 2 is 1.80 bits per heavy atom. The van der Waals surface area contributed by atoms with E-state index in [4.69, 9.17) is 5.73 Å². The Morgan fingerprint density at radius 3 is 2.40 bits per heavy atom. The fourth-order valence-corrected chi connectivity index (χ4v) is 4.61. The molecule has 3 fully saturated rings. The van der Waals surface area contributed by atoms with Gasteiger partial charge in [0.1, 0.15) is 0 Å². The fourth-order valence-electron chi connectivity index (χ4n) is 3.31. The molecule has 1 heterocycles. The van der Waals surface area contributed by atoms with Crippen LogP contribution in [-0.2, 0) is 0 Å². The van der Waals surface area contributed by atoms with Gasteiger partial charge in [-0.2, -0.15) is 0 Å². The second kappa shape index (κ2) is 4.76. The van der Waals surface area contributed by atoms with Crippen LogP contribution in [0.2, 0.25) is 0 Å². The van der Waals surface area contributed by atoms with Gasteiger partial charge in [-0.3, -0.25) is 4.79 Å². The molecule has 1 aromatic rings. The van der Waals surface area contributed by atoms with E-state index in [2.05, 4.69) is 5.32 Å². The first-order valence-electron chi connectivity index (χ1n) is 7.97. The van der Waals surface area contributed by atoms with E-state index in [1.807, 2.05) is 0 Å². The van der Waals surface area contributed by atoms with Gasteiger partial charge >= 0.3 is 0 Å². The lowest BCUT2D eigenvalue weighted by Gasteiger charge is -2.13. The maximum atomic E-state index is 12.4. The number of hydrogen-bond donors (Lipinski definition) is 2. The zero-order valence-corrected chi connectivity index (χ0v) is 12.6. The minimum atomic E-state index is 0.266. The van der Waals surface area contributed by atoms with Crippen molar-refractivity contribution < 1.29 is 4.79 Å². The van der Waals surface area contributed by atoms with Gasteiger partial charge in [-0.05, 0) is 44.4 Å². The van der Waals surface area contributed by atoms with Gasteiger partial charge in [-0.1, -0.05) is 12.8 Å². The van der Waals surface area contributed by atoms with Crippen molar-refractivity contribution >= 4 is 27.8 Å². The third-order valence-corrected chi connectivity index (χ3v) is 6.00. The summed E-state index contributed by atoms with van der Waals surface area (Å²) in [6.07, 6.45) is 9.74. The minimum Gasteiger partial charge on any atom is -0.397 e. The minimum absolute atomic E-state index is 0.266. The molecule has 20 heavy (non-hydrogen) atoms. The van der Waals surface area contributed by atoms with Crippen LogP contribution in [0.5, 0.6) is 0 Å². The van der Waals surface area contributed by atoms with Crippen LogP contribution in [0.4, 0.5) is 10.7 Å². The van der Waals surface area contributed by atoms with E-state index in [1.165, 1.54) is 49.1 Å². The molecule has 0 saturated heterocycles. The second-order valence-electron chi connectivity index (χ2n) is 6.63. The Morgan fingerprint density at radius 1 is 1.10 bits per heavy atom. The van der Waals surface area contributed by atoms with Gasteiger partial charge in [0.25, 0.3) is 0 Å². The molecule has 0 spiro atoms. The van der Waals surface area contributed by atoms with Gasteiger partial charge in [0.2, 0.25) is 0 Å². The normalized spacial score (nSPS) is 23.2. The predicted octanol–water partition coefficient (Wildman–Crippen LogP) is 4.15. The number of nitrogens with two attached hydrogens (primary N) is 1. The van der Waals surface area contributed by atoms with Crippen molar-refractivity contribution in [3.05, 3.63) is 10.4 Å². The van der Waals surface area contributed by atoms with Crippen molar-refractivity contribution in [1.82, 2.24) is 0 Å². The molecular weight excluding hydrogens is 268 g/mol. The fraction of sp³-hybridized carbons (Fsp3) is 0.688. The number of nitrogen functional groups attached to an aromatic ring is 1. The highest BCUT2D eigenvalue weighted by Gasteiger charge is 2.37. The Kier molecular flexibility index (Phi) is 3.02. The van der Waals surface area contributed by atoms with Crippen LogP contribution in [0, 0.1) is 5.92 Å². The summed E-state index contributed by atoms with van der Waals surface area (Å²) in [7, 11) is 0. The first-order valence-corrected chi connectivity index (χ1v) is 8.78. The van der Waals surface area contributed by atoms with Gasteiger partial charge in [0.15, 0.2) is 5.78 Å². The quantitative estimate of drug-likeness (QED) is 0.801. The number of thiophene rings is 1. The van der Waals surface area contributed by atoms with Crippen LogP contribution < -0.4 is 11.1 Å². The lowest BCUT2D eigenvalue weighted by Crippen LogP contribution is -2.14. The molecule has 0 radical (unpaired) electrons. The Bertz CT molecular complexity index is 537. The van der Waals surface area contributed by atoms with Crippen LogP contribution in [0.1, 0.15) is 72.5 Å². The van der Waals surface area contributed by atoms with Gasteiger partial charge in [0, 0.05) is 17.5 Å². The molecule has 108 valence electrons. The topological polar surface area (TPSA) is 55.1 Å². The third-order valence-electron chi connectivity index (χ3n) is 4.83. The highest BCUT2D eigenvalue weighted by Crippen LogP contribution is 2.52. The average Bonchev–Trinajstić information content (AvgIpc) is 3.36. The van der Waals surface area contributed by atoms with Crippen LogP contribution >= 0.6 is 11.3 Å². The summed E-state index contributed by atoms with van der Waals surface area (Å²) < 4.78 is 0. The first kappa shape index (κ1) is 12.7. The lowest BCUT2D eigenvalue weighted by atomic mass is 10.1. The lowest BCUT2D eigenvalue weighted by molar-refractivity contribution is 0.0972. The highest BCUT2D eigenvalue weighted by molar-refractivity contribution is 7.19. The van der Waals surface area contributed by atoms with Crippen molar-refractivity contribution in [3.8, 4) is 0 Å². The Balaban J connectivity index is 1.65. The van der Waals surface area contributed by atoms with E-state index in [0.29, 0.717) is 17.7 Å². The molecular formula is C16H22N2OS. The largest absolute Gasteiger partial charge is 0.397 e. The summed E-state index contributed by atoms with van der Waals surface area (Å²) in [5, 5.41) is 4.90. The van der Waals surface area contributed by atoms with E-state index in [1.54, 1.807) is 11.3 Å². The van der Waals surface area contributed by atoms with E-state index in [0.717, 1.165) is 23.4 Å². The van der Waals surface area contributed by atoms with Gasteiger partial charge in [-0.15, -0.1) is 11.3 Å². The number of hydrogen-bond acceptors (Lipinski definition) is 4. The molecule has 0 amide bonds. The van der Waals surface area contributed by atoms with Crippen LogP contribution in [0.15, 0.2) is 0 Å². The van der Waals surface area contributed by atoms with Crippen molar-refractivity contribution in [1.29, 1.82) is 0 Å². The zero-order valence-electron chi connectivity index (χ0n) is 11.8. The Labute approximate surface area is 123 Å². The molecule has 0 atom stereocenters. The van der Waals surface area contributed by atoms with Crippen molar-refractivity contribution in [2.45, 2.75) is 63.3 Å². The third kappa shape index (κ3) is 2.24. The average molecular weight is 290 g/mol. The molecule has 3 aliphatic carbocycles. The van der Waals surface area contributed by atoms with E-state index >= 15 is 0 Å². The monoisotopic (exact) mass is 290 g/mol. The van der Waals surface area contributed by atoms with Crippen LogP contribution in [0.25, 0.3) is 0 Å². The van der Waals surface area contributed by atoms with Crippen molar-refractivity contribution in [2.75, 3.05) is 11.1 Å². The molecule has 3 aliphatic rings. The molecule has 3 N–H and O–H groups in total. The molecule has 3 nitrogen and oxygen atoms in total. The first-order chi connectivity index (χ1) is 9.74. The SMILES string of the molecule is Nc1c(C(=O)C2CC2)sc(NC2CCCC2)c1C1CC1. The molecule has 0 aliphatic heterocycles. The van der Waals surface area contributed by atoms with Crippen LogP contribution in [-0.4, -0.2) is 11.8 Å². The summed E-state index contributed by atoms with van der Waals surface area (Å²) >= 11 is 1.63. The summed E-state index contributed by atoms with van der Waals surface area (Å²) in [5.74, 6) is 1.17. The molecule has 3 saturated carbocycles. The standard InChI is InChI=1S/C16H22N2OS/c17-13-12(9-5-6-9)16(18-11-3-1-2-4-11)20-15(13)14(19)10-7-8-10/h9-11,18H,1-8,17H2. The summed E-state index contributed by atoms with van der Waals surface area (Å²) in [6, 6.07) is 0.592. The number of anilines is 2. The smallest absolute Gasteiger partial charge is 0.178 e. The summed E-state index contributed by atoms with van der Waals surface area (Å²) in [6.45, 7) is 0.